The van der Waals surface area contributed by atoms with Crippen LogP contribution in [0.1, 0.15) is 66.4 Å². The third kappa shape index (κ3) is 8.24. The van der Waals surface area contributed by atoms with Crippen LogP contribution < -0.4 is 0 Å². The lowest BCUT2D eigenvalue weighted by molar-refractivity contribution is -0.143. The van der Waals surface area contributed by atoms with Crippen LogP contribution in [-0.4, -0.2) is 34.5 Å². The maximum atomic E-state index is 13.8. The predicted molar refractivity (Wildman–Crippen MR) is 154 cm³/mol. The zero-order chi connectivity index (χ0) is 27.5. The lowest BCUT2D eigenvalue weighted by Gasteiger charge is -2.33. The fourth-order valence-electron chi connectivity index (χ4n) is 4.81. The molecule has 0 radical (unpaired) electrons. The number of ether oxygens (including phenoxy) is 1. The minimum absolute atomic E-state index is 0.126. The Balaban J connectivity index is 1.92. The number of aliphatic carboxylic acids is 1. The second-order valence-electron chi connectivity index (χ2n) is 9.54. The van der Waals surface area contributed by atoms with Gasteiger partial charge in [0.15, 0.2) is 0 Å². The van der Waals surface area contributed by atoms with Gasteiger partial charge in [-0.3, -0.25) is 4.79 Å². The van der Waals surface area contributed by atoms with Crippen LogP contribution in [0.4, 0.5) is 0 Å². The van der Waals surface area contributed by atoms with Crippen molar-refractivity contribution in [3.8, 4) is 0 Å². The van der Waals surface area contributed by atoms with Crippen molar-refractivity contribution in [2.24, 2.45) is 5.92 Å². The van der Waals surface area contributed by atoms with Gasteiger partial charge >= 0.3 is 5.97 Å². The van der Waals surface area contributed by atoms with E-state index in [2.05, 4.69) is 13.2 Å². The highest BCUT2D eigenvalue weighted by molar-refractivity contribution is 6.36. The van der Waals surface area contributed by atoms with Gasteiger partial charge in [0.05, 0.1) is 10.6 Å². The zero-order valence-electron chi connectivity index (χ0n) is 21.6. The van der Waals surface area contributed by atoms with Crippen molar-refractivity contribution in [2.45, 2.75) is 57.5 Å². The van der Waals surface area contributed by atoms with E-state index in [1.807, 2.05) is 30.3 Å². The molecule has 2 aromatic rings. The van der Waals surface area contributed by atoms with Gasteiger partial charge < -0.3 is 14.7 Å². The van der Waals surface area contributed by atoms with E-state index in [0.717, 1.165) is 36.8 Å². The summed E-state index contributed by atoms with van der Waals surface area (Å²) in [5.41, 5.74) is 1.90. The lowest BCUT2D eigenvalue weighted by Crippen LogP contribution is -2.46. The van der Waals surface area contributed by atoms with Crippen LogP contribution in [-0.2, 0) is 16.1 Å². The molecule has 1 atom stereocenters. The van der Waals surface area contributed by atoms with E-state index in [9.17, 15) is 14.7 Å². The van der Waals surface area contributed by atoms with Gasteiger partial charge in [0.2, 0.25) is 0 Å². The number of hydrogen-bond donors (Lipinski definition) is 1. The molecule has 38 heavy (non-hydrogen) atoms. The zero-order valence-corrected chi connectivity index (χ0v) is 23.1. The molecular weight excluding hydrogens is 521 g/mol. The summed E-state index contributed by atoms with van der Waals surface area (Å²) >= 11 is 12.4. The number of carbonyl (C=O) groups is 2. The quantitative estimate of drug-likeness (QED) is 0.200. The molecule has 0 aromatic heterocycles. The van der Waals surface area contributed by atoms with E-state index < -0.39 is 17.9 Å². The predicted octanol–water partition coefficient (Wildman–Crippen LogP) is 8.18. The number of carbonyl (C=O) groups excluding carboxylic acids is 1. The van der Waals surface area contributed by atoms with Gasteiger partial charge in [-0.25, -0.2) is 4.79 Å². The van der Waals surface area contributed by atoms with Gasteiger partial charge in [0.25, 0.3) is 5.91 Å². The number of rotatable bonds is 13. The van der Waals surface area contributed by atoms with Gasteiger partial charge in [-0.05, 0) is 48.6 Å². The van der Waals surface area contributed by atoms with E-state index in [1.54, 1.807) is 24.3 Å². The molecule has 1 amide bonds. The summed E-state index contributed by atoms with van der Waals surface area (Å²) in [7, 11) is 0. The van der Waals surface area contributed by atoms with Crippen molar-refractivity contribution in [1.29, 1.82) is 0 Å². The van der Waals surface area contributed by atoms with Gasteiger partial charge in [0.1, 0.15) is 18.4 Å². The first-order valence-corrected chi connectivity index (χ1v) is 13.7. The molecule has 0 spiro atoms. The van der Waals surface area contributed by atoms with E-state index in [1.165, 1.54) is 17.4 Å². The maximum Gasteiger partial charge on any atom is 0.326 e. The molecule has 0 heterocycles. The largest absolute Gasteiger partial charge is 0.489 e. The van der Waals surface area contributed by atoms with Crippen LogP contribution in [0.15, 0.2) is 73.9 Å². The monoisotopic (exact) mass is 555 g/mol. The maximum absolute atomic E-state index is 13.8. The topological polar surface area (TPSA) is 66.8 Å². The Hall–Kier alpha value is -3.02. The Morgan fingerprint density at radius 2 is 1.76 bits per heavy atom. The summed E-state index contributed by atoms with van der Waals surface area (Å²) < 4.78 is 5.80. The lowest BCUT2D eigenvalue weighted by atomic mass is 9.84. The summed E-state index contributed by atoms with van der Waals surface area (Å²) in [5, 5.41) is 10.9. The van der Waals surface area contributed by atoms with Gasteiger partial charge in [0, 0.05) is 17.1 Å². The summed E-state index contributed by atoms with van der Waals surface area (Å²) in [6, 6.07) is 11.2. The Labute approximate surface area is 235 Å². The molecule has 7 heteroatoms. The number of hydrogen-bond acceptors (Lipinski definition) is 3. The molecule has 202 valence electrons. The summed E-state index contributed by atoms with van der Waals surface area (Å²) in [4.78, 5) is 27.7. The van der Waals surface area contributed by atoms with Crippen molar-refractivity contribution in [2.75, 3.05) is 6.61 Å². The third-order valence-corrected chi connectivity index (χ3v) is 7.33. The average Bonchev–Trinajstić information content (AvgIpc) is 2.91. The third-order valence-electron chi connectivity index (χ3n) is 6.78. The second kappa shape index (κ2) is 14.8. The fourth-order valence-corrected chi connectivity index (χ4v) is 5.30. The van der Waals surface area contributed by atoms with Crippen molar-refractivity contribution >= 4 is 40.8 Å². The minimum atomic E-state index is -1.02. The first-order valence-electron chi connectivity index (χ1n) is 13.0. The molecule has 3 rings (SSSR count). The number of benzene rings is 2. The molecule has 5 nitrogen and oxygen atoms in total. The molecule has 1 aliphatic rings. The van der Waals surface area contributed by atoms with E-state index in [-0.39, 0.29) is 23.0 Å². The number of nitrogens with zero attached hydrogens (tertiary/aromatic N) is 1. The first kappa shape index (κ1) is 29.5. The molecule has 0 saturated heterocycles. The van der Waals surface area contributed by atoms with Gasteiger partial charge in [-0.2, -0.15) is 0 Å². The average molecular weight is 557 g/mol. The van der Waals surface area contributed by atoms with Crippen molar-refractivity contribution in [1.82, 2.24) is 4.90 Å². The van der Waals surface area contributed by atoms with Crippen LogP contribution in [0.5, 0.6) is 0 Å². The number of carboxylic acids is 1. The second-order valence-corrected chi connectivity index (χ2v) is 10.4. The van der Waals surface area contributed by atoms with E-state index in [0.29, 0.717) is 30.2 Å². The molecule has 0 bridgehead atoms. The Morgan fingerprint density at radius 1 is 1.05 bits per heavy atom. The molecule has 1 saturated carbocycles. The number of halogens is 2. The minimum Gasteiger partial charge on any atom is -0.489 e. The molecule has 1 aliphatic carbocycles. The first-order chi connectivity index (χ1) is 18.3. The van der Waals surface area contributed by atoms with Crippen molar-refractivity contribution in [3.63, 3.8) is 0 Å². The van der Waals surface area contributed by atoms with Crippen LogP contribution >= 0.6 is 23.2 Å². The van der Waals surface area contributed by atoms with Gasteiger partial charge in [-0.15, -0.1) is 6.58 Å². The normalized spacial score (nSPS) is 14.9. The Kier molecular flexibility index (Phi) is 11.5. The highest BCUT2D eigenvalue weighted by Gasteiger charge is 2.34. The molecule has 0 aliphatic heterocycles. The Morgan fingerprint density at radius 3 is 2.37 bits per heavy atom. The van der Waals surface area contributed by atoms with Crippen LogP contribution in [0, 0.1) is 5.92 Å². The van der Waals surface area contributed by atoms with Crippen molar-refractivity contribution < 1.29 is 19.4 Å². The molecule has 1 N–H and O–H groups in total. The van der Waals surface area contributed by atoms with Crippen molar-refractivity contribution in [3.05, 3.63) is 101 Å². The van der Waals surface area contributed by atoms with Gasteiger partial charge in [-0.1, -0.05) is 98.3 Å². The molecule has 2 aromatic carbocycles. The number of carboxylic acid groups (broad SMARTS) is 1. The smallest absolute Gasteiger partial charge is 0.326 e. The standard InChI is InChI=1S/C31H35Cl2NO4/c1-3-5-11-29(38-18-4-2)24-14-12-23(13-15-24)21-34(30(35)26-17-16-25(32)20-27(26)33)28(31(36)37)19-22-9-7-6-8-10-22/h3-4,11-17,20,22,28H,1-2,5-10,18-19,21H2,(H,36,37)/b29-11-. The van der Waals surface area contributed by atoms with E-state index >= 15 is 0 Å². The molecular formula is C31H35Cl2NO4. The highest BCUT2D eigenvalue weighted by atomic mass is 35.5. The summed E-state index contributed by atoms with van der Waals surface area (Å²) in [6.07, 6.45) is 11.8. The summed E-state index contributed by atoms with van der Waals surface area (Å²) in [5.74, 6) is -0.473. The van der Waals surface area contributed by atoms with Crippen LogP contribution in [0.2, 0.25) is 10.0 Å². The molecule has 1 unspecified atom stereocenters. The number of allylic oxidation sites excluding steroid dienone is 2. The van der Waals surface area contributed by atoms with Crippen LogP contribution in [0.3, 0.4) is 0 Å². The molecule has 1 fully saturated rings. The van der Waals surface area contributed by atoms with E-state index in [4.69, 9.17) is 27.9 Å². The highest BCUT2D eigenvalue weighted by Crippen LogP contribution is 2.31. The SMILES string of the molecule is C=CC/C=C(\OCC=C)c1ccc(CN(C(=O)c2ccc(Cl)cc2Cl)C(CC2CCCCC2)C(=O)O)cc1. The summed E-state index contributed by atoms with van der Waals surface area (Å²) in [6.45, 7) is 7.96. The Bertz CT molecular complexity index is 1150. The number of amides is 1. The van der Waals surface area contributed by atoms with Crippen LogP contribution in [0.25, 0.3) is 5.76 Å². The fraction of sp³-hybridized carbons (Fsp3) is 0.355.